The number of ether oxygens (including phenoxy) is 1. The molecule has 0 saturated carbocycles. The van der Waals surface area contributed by atoms with Crippen LogP contribution >= 0.6 is 0 Å². The van der Waals surface area contributed by atoms with Crippen LogP contribution in [0.1, 0.15) is 5.56 Å². The van der Waals surface area contributed by atoms with E-state index in [2.05, 4.69) is 20.6 Å². The Kier molecular flexibility index (Phi) is 6.49. The van der Waals surface area contributed by atoms with E-state index in [1.165, 1.54) is 24.3 Å². The van der Waals surface area contributed by atoms with E-state index >= 15 is 0 Å². The second-order valence-electron chi connectivity index (χ2n) is 6.50. The van der Waals surface area contributed by atoms with Crippen LogP contribution in [-0.2, 0) is 16.4 Å². The number of nitrogens with two attached hydrogens (primary N) is 1. The zero-order valence-electron chi connectivity index (χ0n) is 16.7. The molecule has 0 atom stereocenters. The van der Waals surface area contributed by atoms with Crippen molar-refractivity contribution in [2.75, 3.05) is 16.9 Å². The fourth-order valence-electron chi connectivity index (χ4n) is 2.61. The van der Waals surface area contributed by atoms with Crippen LogP contribution in [0.3, 0.4) is 0 Å². The van der Waals surface area contributed by atoms with Crippen LogP contribution in [0.15, 0.2) is 59.8 Å². The monoisotopic (exact) mass is 458 g/mol. The molecule has 3 aromatic rings. The van der Waals surface area contributed by atoms with Crippen molar-refractivity contribution >= 4 is 33.1 Å². The van der Waals surface area contributed by atoms with E-state index in [-0.39, 0.29) is 23.8 Å². The number of urea groups is 1. The number of hydrogen-bond acceptors (Lipinski definition) is 9. The van der Waals surface area contributed by atoms with Gasteiger partial charge in [0, 0.05) is 24.6 Å². The van der Waals surface area contributed by atoms with Crippen molar-refractivity contribution in [3.05, 3.63) is 70.3 Å². The highest BCUT2D eigenvalue weighted by molar-refractivity contribution is 7.90. The molecule has 12 nitrogen and oxygen atoms in total. The van der Waals surface area contributed by atoms with Crippen LogP contribution in [0.4, 0.5) is 22.0 Å². The number of nitro groups is 1. The first-order valence-corrected chi connectivity index (χ1v) is 10.9. The van der Waals surface area contributed by atoms with Gasteiger partial charge >= 0.3 is 17.6 Å². The minimum atomic E-state index is -3.93. The number of amides is 2. The summed E-state index contributed by atoms with van der Waals surface area (Å²) in [5.41, 5.74) is 5.48. The lowest BCUT2D eigenvalue weighted by Gasteiger charge is -2.12. The molecule has 13 heteroatoms. The molecule has 1 aromatic heterocycles. The van der Waals surface area contributed by atoms with Gasteiger partial charge in [-0.15, -0.1) is 0 Å². The van der Waals surface area contributed by atoms with Crippen LogP contribution in [-0.4, -0.2) is 35.6 Å². The first-order valence-electron chi connectivity index (χ1n) is 9.02. The van der Waals surface area contributed by atoms with E-state index in [1.54, 1.807) is 24.3 Å². The summed E-state index contributed by atoms with van der Waals surface area (Å²) in [6.07, 6.45) is 0.871. The molecular formula is C19H18N6O6S. The third kappa shape index (κ3) is 5.66. The number of carbonyl (C=O) groups is 1. The Morgan fingerprint density at radius 3 is 2.50 bits per heavy atom. The maximum Gasteiger partial charge on any atom is 0.373 e. The number of anilines is 2. The molecule has 2 amide bonds. The summed E-state index contributed by atoms with van der Waals surface area (Å²) in [6, 6.07) is 13.9. The number of hydrogen-bond donors (Lipinski definition) is 3. The lowest BCUT2D eigenvalue weighted by Crippen LogP contribution is -2.19. The normalized spacial score (nSPS) is 10.9. The summed E-state index contributed by atoms with van der Waals surface area (Å²) in [7, 11) is -3.93. The Morgan fingerprint density at radius 1 is 1.16 bits per heavy atom. The summed E-state index contributed by atoms with van der Waals surface area (Å²) in [5.74, 6) is -0.862. The van der Waals surface area contributed by atoms with Crippen LogP contribution in [0.5, 0.6) is 11.6 Å². The first kappa shape index (κ1) is 22.4. The SMILES string of the molecule is CS(=O)(=O)c1nc(NCc2ccccc2)c([N+](=O)[O-])c(Oc2cccc(NC(N)=O)c2)n1. The topological polar surface area (TPSA) is 179 Å². The lowest BCUT2D eigenvalue weighted by atomic mass is 10.2. The number of benzene rings is 2. The smallest absolute Gasteiger partial charge is 0.373 e. The highest BCUT2D eigenvalue weighted by Gasteiger charge is 2.29. The molecule has 0 radical (unpaired) electrons. The quantitative estimate of drug-likeness (QED) is 0.260. The molecule has 0 saturated heterocycles. The van der Waals surface area contributed by atoms with E-state index in [0.717, 1.165) is 11.8 Å². The van der Waals surface area contributed by atoms with E-state index in [0.29, 0.717) is 0 Å². The predicted molar refractivity (Wildman–Crippen MR) is 115 cm³/mol. The average molecular weight is 458 g/mol. The number of nitrogens with zero attached hydrogens (tertiary/aromatic N) is 3. The van der Waals surface area contributed by atoms with Gasteiger partial charge in [-0.25, -0.2) is 13.2 Å². The molecular weight excluding hydrogens is 440 g/mol. The highest BCUT2D eigenvalue weighted by Crippen LogP contribution is 2.36. The van der Waals surface area contributed by atoms with E-state index < -0.39 is 37.5 Å². The van der Waals surface area contributed by atoms with Gasteiger partial charge in [0.15, 0.2) is 0 Å². The van der Waals surface area contributed by atoms with Gasteiger partial charge in [0.05, 0.1) is 4.92 Å². The molecule has 0 aliphatic heterocycles. The van der Waals surface area contributed by atoms with E-state index in [1.807, 2.05) is 6.07 Å². The number of carbonyl (C=O) groups excluding carboxylic acids is 1. The molecule has 3 rings (SSSR count). The van der Waals surface area contributed by atoms with Crippen molar-refractivity contribution in [1.82, 2.24) is 9.97 Å². The van der Waals surface area contributed by atoms with E-state index in [9.17, 15) is 23.3 Å². The third-order valence-corrected chi connectivity index (χ3v) is 4.81. The number of aromatic nitrogens is 2. The van der Waals surface area contributed by atoms with Crippen molar-refractivity contribution in [2.24, 2.45) is 5.73 Å². The van der Waals surface area contributed by atoms with Crippen molar-refractivity contribution in [2.45, 2.75) is 11.7 Å². The average Bonchev–Trinajstić information content (AvgIpc) is 2.71. The van der Waals surface area contributed by atoms with E-state index in [4.69, 9.17) is 10.5 Å². The number of sulfone groups is 1. The number of nitrogens with one attached hydrogen (secondary N) is 2. The first-order chi connectivity index (χ1) is 15.1. The van der Waals surface area contributed by atoms with Gasteiger partial charge < -0.3 is 21.1 Å². The maximum absolute atomic E-state index is 12.1. The molecule has 32 heavy (non-hydrogen) atoms. The molecule has 0 bridgehead atoms. The highest BCUT2D eigenvalue weighted by atomic mass is 32.2. The fourth-order valence-corrected chi connectivity index (χ4v) is 3.12. The lowest BCUT2D eigenvalue weighted by molar-refractivity contribution is -0.385. The summed E-state index contributed by atoms with van der Waals surface area (Å²) in [5, 5.41) is 16.3. The van der Waals surface area contributed by atoms with Crippen molar-refractivity contribution < 1.29 is 22.9 Å². The standard InChI is InChI=1S/C19H18N6O6S/c1-32(29,30)19-23-16(21-11-12-6-3-2-4-7-12)15(25(27)28)17(24-19)31-14-9-5-8-13(10-14)22-18(20)26/h2-10H,11H2,1H3,(H3,20,22,26)(H,21,23,24). The van der Waals surface area contributed by atoms with Gasteiger partial charge in [-0.3, -0.25) is 10.1 Å². The zero-order valence-corrected chi connectivity index (χ0v) is 17.5. The number of rotatable bonds is 8. The molecule has 166 valence electrons. The van der Waals surface area contributed by atoms with Crippen LogP contribution in [0.25, 0.3) is 0 Å². The fraction of sp³-hybridized carbons (Fsp3) is 0.105. The van der Waals surface area contributed by atoms with Crippen molar-refractivity contribution in [3.63, 3.8) is 0 Å². The Morgan fingerprint density at radius 2 is 1.88 bits per heavy atom. The minimum absolute atomic E-state index is 0.0477. The Bertz CT molecular complexity index is 1270. The molecule has 0 aliphatic carbocycles. The third-order valence-electron chi connectivity index (χ3n) is 3.96. The van der Waals surface area contributed by atoms with Gasteiger partial charge in [0.1, 0.15) is 5.75 Å². The summed E-state index contributed by atoms with van der Waals surface area (Å²) in [6.45, 7) is 0.138. The second-order valence-corrected chi connectivity index (χ2v) is 8.41. The van der Waals surface area contributed by atoms with Crippen LogP contribution < -0.4 is 21.1 Å². The van der Waals surface area contributed by atoms with Gasteiger partial charge in [-0.1, -0.05) is 36.4 Å². The maximum atomic E-state index is 12.1. The van der Waals surface area contributed by atoms with Gasteiger partial charge in [-0.2, -0.15) is 9.97 Å². The summed E-state index contributed by atoms with van der Waals surface area (Å²) in [4.78, 5) is 29.7. The zero-order chi connectivity index (χ0) is 23.3. The predicted octanol–water partition coefficient (Wildman–Crippen LogP) is 2.68. The van der Waals surface area contributed by atoms with Crippen molar-refractivity contribution in [3.8, 4) is 11.6 Å². The molecule has 0 fully saturated rings. The molecule has 0 spiro atoms. The molecule has 2 aromatic carbocycles. The Balaban J connectivity index is 2.05. The molecule has 0 unspecified atom stereocenters. The molecule has 4 N–H and O–H groups in total. The summed E-state index contributed by atoms with van der Waals surface area (Å²) >= 11 is 0. The minimum Gasteiger partial charge on any atom is -0.433 e. The van der Waals surface area contributed by atoms with Crippen LogP contribution in [0.2, 0.25) is 0 Å². The van der Waals surface area contributed by atoms with Gasteiger partial charge in [-0.05, 0) is 17.7 Å². The Hall–Kier alpha value is -4.26. The van der Waals surface area contributed by atoms with Gasteiger partial charge in [0.25, 0.3) is 5.16 Å². The molecule has 0 aliphatic rings. The molecule has 1 heterocycles. The number of primary amides is 1. The second kappa shape index (κ2) is 9.26. The summed E-state index contributed by atoms with van der Waals surface area (Å²) < 4.78 is 29.7. The van der Waals surface area contributed by atoms with Gasteiger partial charge in [0.2, 0.25) is 15.7 Å². The largest absolute Gasteiger partial charge is 0.433 e. The van der Waals surface area contributed by atoms with Crippen LogP contribution in [0, 0.1) is 10.1 Å². The Labute approximate surface area is 182 Å². The van der Waals surface area contributed by atoms with Crippen molar-refractivity contribution in [1.29, 1.82) is 0 Å².